The predicted molar refractivity (Wildman–Crippen MR) is 59.6 cm³/mol. The molecule has 1 rings (SSSR count). The Kier molecular flexibility index (Phi) is 4.03. The van der Waals surface area contributed by atoms with Crippen molar-refractivity contribution in [3.05, 3.63) is 30.3 Å². The number of nitrogens with two attached hydrogens (primary N) is 1. The van der Waals surface area contributed by atoms with Gasteiger partial charge >= 0.3 is 0 Å². The first-order valence-corrected chi connectivity index (χ1v) is 7.56. The van der Waals surface area contributed by atoms with Crippen molar-refractivity contribution in [3.8, 4) is 0 Å². The van der Waals surface area contributed by atoms with Crippen LogP contribution in [0.5, 0.6) is 0 Å². The van der Waals surface area contributed by atoms with E-state index in [1.54, 1.807) is 18.2 Å². The van der Waals surface area contributed by atoms with Gasteiger partial charge in [-0.3, -0.25) is 0 Å². The molecule has 0 spiro atoms. The van der Waals surface area contributed by atoms with E-state index in [2.05, 4.69) is 4.72 Å². The van der Waals surface area contributed by atoms with Gasteiger partial charge in [0.25, 0.3) is 0 Å². The molecule has 0 heterocycles. The molecule has 0 aliphatic carbocycles. The van der Waals surface area contributed by atoms with Gasteiger partial charge in [0, 0.05) is 6.54 Å². The lowest BCUT2D eigenvalue weighted by Gasteiger charge is -2.05. The maximum atomic E-state index is 11.6. The van der Waals surface area contributed by atoms with Gasteiger partial charge in [0.1, 0.15) is 0 Å². The minimum Gasteiger partial charge on any atom is -0.229 e. The van der Waals surface area contributed by atoms with E-state index in [4.69, 9.17) is 5.14 Å². The Morgan fingerprint density at radius 1 is 1.06 bits per heavy atom. The van der Waals surface area contributed by atoms with Crippen molar-refractivity contribution in [1.29, 1.82) is 0 Å². The summed E-state index contributed by atoms with van der Waals surface area (Å²) in [7, 11) is -7.31. The van der Waals surface area contributed by atoms with Gasteiger partial charge in [-0.1, -0.05) is 18.2 Å². The summed E-state index contributed by atoms with van der Waals surface area (Å²) in [6.07, 6.45) is 0. The van der Waals surface area contributed by atoms with Crippen molar-refractivity contribution in [3.63, 3.8) is 0 Å². The summed E-state index contributed by atoms with van der Waals surface area (Å²) < 4.78 is 46.5. The van der Waals surface area contributed by atoms with Crippen LogP contribution >= 0.6 is 0 Å². The fourth-order valence-electron chi connectivity index (χ4n) is 1.00. The largest absolute Gasteiger partial charge is 0.240 e. The molecule has 6 nitrogen and oxygen atoms in total. The van der Waals surface area contributed by atoms with E-state index in [1.807, 2.05) is 0 Å². The molecule has 0 bridgehead atoms. The van der Waals surface area contributed by atoms with Gasteiger partial charge < -0.3 is 0 Å². The third-order valence-corrected chi connectivity index (χ3v) is 3.98. The first kappa shape index (κ1) is 13.1. The summed E-state index contributed by atoms with van der Waals surface area (Å²) in [6, 6.07) is 7.67. The summed E-state index contributed by atoms with van der Waals surface area (Å²) in [5.74, 6) is -0.431. The minimum atomic E-state index is -3.66. The average Bonchev–Trinajstić information content (AvgIpc) is 2.17. The second-order valence-corrected chi connectivity index (χ2v) is 6.58. The van der Waals surface area contributed by atoms with Gasteiger partial charge in [-0.2, -0.15) is 0 Å². The van der Waals surface area contributed by atoms with Crippen LogP contribution in [0.3, 0.4) is 0 Å². The van der Waals surface area contributed by atoms with E-state index in [0.717, 1.165) is 0 Å². The summed E-state index contributed by atoms with van der Waals surface area (Å²) in [4.78, 5) is 0.0874. The van der Waals surface area contributed by atoms with Crippen LogP contribution in [0.15, 0.2) is 35.2 Å². The highest BCUT2D eigenvalue weighted by molar-refractivity contribution is 7.90. The third-order valence-electron chi connectivity index (χ3n) is 1.73. The van der Waals surface area contributed by atoms with Gasteiger partial charge in [0.05, 0.1) is 10.6 Å². The topological polar surface area (TPSA) is 106 Å². The van der Waals surface area contributed by atoms with Crippen molar-refractivity contribution in [1.82, 2.24) is 4.72 Å². The summed E-state index contributed by atoms with van der Waals surface area (Å²) in [5, 5.41) is 4.74. The molecule has 0 fully saturated rings. The van der Waals surface area contributed by atoms with Crippen LogP contribution in [-0.2, 0) is 20.0 Å². The number of nitrogens with one attached hydrogen (secondary N) is 1. The highest BCUT2D eigenvalue weighted by atomic mass is 32.2. The molecule has 0 amide bonds. The Hall–Kier alpha value is -0.960. The number of sulfonamides is 2. The van der Waals surface area contributed by atoms with Crippen LogP contribution in [0, 0.1) is 0 Å². The average molecular weight is 264 g/mol. The lowest BCUT2D eigenvalue weighted by atomic mass is 10.4. The second-order valence-electron chi connectivity index (χ2n) is 3.08. The highest BCUT2D eigenvalue weighted by Crippen LogP contribution is 2.06. The molecule has 0 saturated heterocycles. The number of benzene rings is 1. The van der Waals surface area contributed by atoms with Gasteiger partial charge in [-0.25, -0.2) is 26.7 Å². The van der Waals surface area contributed by atoms with E-state index >= 15 is 0 Å². The molecule has 0 radical (unpaired) electrons. The Bertz CT molecular complexity index is 537. The number of hydrogen-bond donors (Lipinski definition) is 2. The fourth-order valence-corrected chi connectivity index (χ4v) is 2.57. The molecule has 16 heavy (non-hydrogen) atoms. The van der Waals surface area contributed by atoms with E-state index in [1.165, 1.54) is 12.1 Å². The molecule has 8 heteroatoms. The van der Waals surface area contributed by atoms with E-state index < -0.39 is 25.8 Å². The van der Waals surface area contributed by atoms with Gasteiger partial charge in [-0.05, 0) is 12.1 Å². The van der Waals surface area contributed by atoms with Crippen molar-refractivity contribution in [2.75, 3.05) is 12.3 Å². The smallest absolute Gasteiger partial charge is 0.229 e. The number of primary sulfonamides is 1. The van der Waals surface area contributed by atoms with E-state index in [-0.39, 0.29) is 11.4 Å². The zero-order chi connectivity index (χ0) is 12.2. The molecule has 1 aromatic rings. The lowest BCUT2D eigenvalue weighted by Crippen LogP contribution is -2.31. The van der Waals surface area contributed by atoms with Crippen molar-refractivity contribution < 1.29 is 16.8 Å². The quantitative estimate of drug-likeness (QED) is 0.730. The molecule has 0 aliphatic rings. The van der Waals surface area contributed by atoms with Crippen LogP contribution in [0.25, 0.3) is 0 Å². The molecule has 90 valence electrons. The van der Waals surface area contributed by atoms with E-state index in [9.17, 15) is 16.8 Å². The summed E-state index contributed by atoms with van der Waals surface area (Å²) in [5.41, 5.74) is 0. The van der Waals surface area contributed by atoms with Crippen LogP contribution in [0.2, 0.25) is 0 Å². The second kappa shape index (κ2) is 4.91. The van der Waals surface area contributed by atoms with Crippen LogP contribution in [0.1, 0.15) is 0 Å². The third kappa shape index (κ3) is 4.27. The van der Waals surface area contributed by atoms with Gasteiger partial charge in [0.15, 0.2) is 0 Å². The molecular formula is C8H12N2O4S2. The molecule has 1 aromatic carbocycles. The highest BCUT2D eigenvalue weighted by Gasteiger charge is 2.13. The Morgan fingerprint density at radius 2 is 1.62 bits per heavy atom. The molecular weight excluding hydrogens is 252 g/mol. The predicted octanol–water partition coefficient (Wildman–Crippen LogP) is -0.747. The Labute approximate surface area is 94.6 Å². The summed E-state index contributed by atoms with van der Waals surface area (Å²) >= 11 is 0. The zero-order valence-corrected chi connectivity index (χ0v) is 9.96. The molecule has 0 atom stereocenters. The van der Waals surface area contributed by atoms with Crippen LogP contribution in [-0.4, -0.2) is 29.1 Å². The molecule has 0 saturated carbocycles. The number of rotatable bonds is 5. The molecule has 3 N–H and O–H groups in total. The van der Waals surface area contributed by atoms with Crippen molar-refractivity contribution in [2.24, 2.45) is 5.14 Å². The number of hydrogen-bond acceptors (Lipinski definition) is 4. The van der Waals surface area contributed by atoms with Crippen molar-refractivity contribution >= 4 is 20.0 Å². The fraction of sp³-hybridized carbons (Fsp3) is 0.250. The van der Waals surface area contributed by atoms with Crippen LogP contribution < -0.4 is 9.86 Å². The summed E-state index contributed by atoms with van der Waals surface area (Å²) in [6.45, 7) is -0.240. The molecule has 0 aromatic heterocycles. The zero-order valence-electron chi connectivity index (χ0n) is 8.33. The molecule has 0 unspecified atom stereocenters. The van der Waals surface area contributed by atoms with Crippen molar-refractivity contribution in [2.45, 2.75) is 4.90 Å². The van der Waals surface area contributed by atoms with E-state index in [0.29, 0.717) is 0 Å². The normalized spacial score (nSPS) is 12.6. The van der Waals surface area contributed by atoms with Gasteiger partial charge in [-0.15, -0.1) is 0 Å². The maximum absolute atomic E-state index is 11.6. The Balaban J connectivity index is 2.68. The Morgan fingerprint density at radius 3 is 2.12 bits per heavy atom. The maximum Gasteiger partial charge on any atom is 0.240 e. The standard InChI is InChI=1S/C8H12N2O4S2/c9-15(11,12)7-6-10-16(13,14)8-4-2-1-3-5-8/h1-5,10H,6-7H2,(H2,9,11,12). The van der Waals surface area contributed by atoms with Crippen LogP contribution in [0.4, 0.5) is 0 Å². The SMILES string of the molecule is NS(=O)(=O)CCNS(=O)(=O)c1ccccc1. The molecule has 0 aliphatic heterocycles. The van der Waals surface area contributed by atoms with Gasteiger partial charge in [0.2, 0.25) is 20.0 Å². The minimum absolute atomic E-state index is 0.0874. The first-order valence-electron chi connectivity index (χ1n) is 4.36. The first-order chi connectivity index (χ1) is 7.31. The monoisotopic (exact) mass is 264 g/mol. The lowest BCUT2D eigenvalue weighted by molar-refractivity contribution is 0.581.